The molecule has 0 aromatic carbocycles. The van der Waals surface area contributed by atoms with Crippen molar-refractivity contribution >= 4 is 6.29 Å². The van der Waals surface area contributed by atoms with E-state index in [0.717, 1.165) is 6.29 Å². The van der Waals surface area contributed by atoms with Gasteiger partial charge in [0.15, 0.2) is 0 Å². The minimum absolute atomic E-state index is 0.0845. The van der Waals surface area contributed by atoms with E-state index in [4.69, 9.17) is 9.47 Å². The maximum absolute atomic E-state index is 10.4. The van der Waals surface area contributed by atoms with Crippen molar-refractivity contribution in [1.29, 1.82) is 0 Å². The predicted molar refractivity (Wildman–Crippen MR) is 44.9 cm³/mol. The quantitative estimate of drug-likeness (QED) is 0.582. The first-order valence-electron chi connectivity index (χ1n) is 3.72. The van der Waals surface area contributed by atoms with E-state index in [0.29, 0.717) is 5.57 Å². The molecule has 0 aromatic heterocycles. The average molecular weight is 168 g/mol. The Morgan fingerprint density at radius 3 is 2.50 bits per heavy atom. The molecule has 66 valence electrons. The van der Waals surface area contributed by atoms with Gasteiger partial charge >= 0.3 is 0 Å². The lowest BCUT2D eigenvalue weighted by Crippen LogP contribution is -2.28. The topological polar surface area (TPSA) is 35.5 Å². The van der Waals surface area contributed by atoms with Crippen molar-refractivity contribution < 1.29 is 14.3 Å². The van der Waals surface area contributed by atoms with Crippen molar-refractivity contribution in [3.8, 4) is 0 Å². The Morgan fingerprint density at radius 1 is 1.33 bits per heavy atom. The number of carbonyl (C=O) groups is 1. The van der Waals surface area contributed by atoms with E-state index in [9.17, 15) is 4.79 Å². The van der Waals surface area contributed by atoms with Crippen molar-refractivity contribution in [3.63, 3.8) is 0 Å². The summed E-state index contributed by atoms with van der Waals surface area (Å²) in [5, 5.41) is 0. The predicted octanol–water partition coefficient (Wildman–Crippen LogP) is 0.712. The van der Waals surface area contributed by atoms with Gasteiger partial charge in [0, 0.05) is 19.8 Å². The molecule has 0 saturated heterocycles. The number of aldehydes is 1. The number of rotatable bonds is 3. The normalized spacial score (nSPS) is 28.3. The smallest absolute Gasteiger partial charge is 0.149 e. The zero-order valence-electron chi connectivity index (χ0n) is 7.19. The fraction of sp³-hybridized carbons (Fsp3) is 0.444. The molecule has 0 radical (unpaired) electrons. The van der Waals surface area contributed by atoms with Crippen molar-refractivity contribution in [2.45, 2.75) is 12.2 Å². The van der Waals surface area contributed by atoms with E-state index in [1.165, 1.54) is 0 Å². The number of hydrogen-bond donors (Lipinski definition) is 0. The van der Waals surface area contributed by atoms with Crippen molar-refractivity contribution in [3.05, 3.63) is 23.8 Å². The van der Waals surface area contributed by atoms with Crippen LogP contribution in [0.2, 0.25) is 0 Å². The molecular weight excluding hydrogens is 156 g/mol. The van der Waals surface area contributed by atoms with E-state index < -0.39 is 0 Å². The van der Waals surface area contributed by atoms with Crippen LogP contribution in [0.4, 0.5) is 0 Å². The summed E-state index contributed by atoms with van der Waals surface area (Å²) < 4.78 is 10.2. The molecule has 0 aliphatic heterocycles. The van der Waals surface area contributed by atoms with Crippen LogP contribution in [0, 0.1) is 0 Å². The van der Waals surface area contributed by atoms with Gasteiger partial charge in [0.05, 0.1) is 0 Å². The Hall–Kier alpha value is -0.930. The molecule has 0 heterocycles. The number of allylic oxidation sites excluding steroid dienone is 2. The van der Waals surface area contributed by atoms with Crippen LogP contribution in [0.5, 0.6) is 0 Å². The molecule has 0 bridgehead atoms. The maximum Gasteiger partial charge on any atom is 0.149 e. The SMILES string of the molecule is COC1C=CC(C=O)=CC1OC. The number of ether oxygens (including phenoxy) is 2. The largest absolute Gasteiger partial charge is 0.374 e. The summed E-state index contributed by atoms with van der Waals surface area (Å²) in [5.74, 6) is 0. The van der Waals surface area contributed by atoms with Gasteiger partial charge in [0.25, 0.3) is 0 Å². The Labute approximate surface area is 71.7 Å². The van der Waals surface area contributed by atoms with Crippen LogP contribution < -0.4 is 0 Å². The highest BCUT2D eigenvalue weighted by atomic mass is 16.5. The first-order chi connectivity index (χ1) is 5.81. The van der Waals surface area contributed by atoms with E-state index in [2.05, 4.69) is 0 Å². The Balaban J connectivity index is 2.73. The molecule has 0 aromatic rings. The van der Waals surface area contributed by atoms with Crippen molar-refractivity contribution in [2.24, 2.45) is 0 Å². The minimum atomic E-state index is -0.153. The summed E-state index contributed by atoms with van der Waals surface area (Å²) in [5.41, 5.74) is 0.634. The zero-order chi connectivity index (χ0) is 8.97. The summed E-state index contributed by atoms with van der Waals surface area (Å²) >= 11 is 0. The average Bonchev–Trinajstić information content (AvgIpc) is 2.16. The van der Waals surface area contributed by atoms with Gasteiger partial charge in [-0.25, -0.2) is 0 Å². The van der Waals surface area contributed by atoms with Gasteiger partial charge in [-0.3, -0.25) is 4.79 Å². The highest BCUT2D eigenvalue weighted by molar-refractivity contribution is 5.78. The van der Waals surface area contributed by atoms with Crippen LogP contribution in [0.15, 0.2) is 23.8 Å². The van der Waals surface area contributed by atoms with E-state index in [1.807, 2.05) is 6.08 Å². The van der Waals surface area contributed by atoms with Crippen LogP contribution in [-0.2, 0) is 14.3 Å². The molecule has 1 aliphatic rings. The molecular formula is C9H12O3. The highest BCUT2D eigenvalue weighted by Gasteiger charge is 2.19. The molecule has 0 fully saturated rings. The Bertz CT molecular complexity index is 218. The standard InChI is InChI=1S/C9H12O3/c1-11-8-4-3-7(6-10)5-9(8)12-2/h3-6,8-9H,1-2H3. The summed E-state index contributed by atoms with van der Waals surface area (Å²) in [4.78, 5) is 10.4. The fourth-order valence-electron chi connectivity index (χ4n) is 1.15. The second-order valence-electron chi connectivity index (χ2n) is 2.54. The monoisotopic (exact) mass is 168 g/mol. The van der Waals surface area contributed by atoms with Gasteiger partial charge in [-0.05, 0) is 6.08 Å². The van der Waals surface area contributed by atoms with Gasteiger partial charge in [-0.15, -0.1) is 0 Å². The lowest BCUT2D eigenvalue weighted by molar-refractivity contribution is -0.104. The first-order valence-corrected chi connectivity index (χ1v) is 3.72. The molecule has 3 nitrogen and oxygen atoms in total. The first kappa shape index (κ1) is 9.16. The molecule has 0 amide bonds. The van der Waals surface area contributed by atoms with Crippen LogP contribution in [-0.4, -0.2) is 32.7 Å². The molecule has 12 heavy (non-hydrogen) atoms. The van der Waals surface area contributed by atoms with Crippen LogP contribution in [0.3, 0.4) is 0 Å². The molecule has 0 N–H and O–H groups in total. The summed E-state index contributed by atoms with van der Waals surface area (Å²) in [6.45, 7) is 0. The van der Waals surface area contributed by atoms with E-state index in [1.54, 1.807) is 26.4 Å². The molecule has 1 rings (SSSR count). The van der Waals surface area contributed by atoms with Gasteiger partial charge in [-0.1, -0.05) is 12.2 Å². The van der Waals surface area contributed by atoms with Gasteiger partial charge in [-0.2, -0.15) is 0 Å². The summed E-state index contributed by atoms with van der Waals surface area (Å²) in [6.07, 6.45) is 5.86. The summed E-state index contributed by atoms with van der Waals surface area (Å²) in [6, 6.07) is 0. The molecule has 2 atom stereocenters. The maximum atomic E-state index is 10.4. The molecule has 2 unspecified atom stereocenters. The van der Waals surface area contributed by atoms with E-state index >= 15 is 0 Å². The fourth-order valence-corrected chi connectivity index (χ4v) is 1.15. The minimum Gasteiger partial charge on any atom is -0.374 e. The summed E-state index contributed by atoms with van der Waals surface area (Å²) in [7, 11) is 3.20. The number of hydrogen-bond acceptors (Lipinski definition) is 3. The second kappa shape index (κ2) is 4.18. The molecule has 3 heteroatoms. The second-order valence-corrected chi connectivity index (χ2v) is 2.54. The Morgan fingerprint density at radius 2 is 2.00 bits per heavy atom. The lowest BCUT2D eigenvalue weighted by Gasteiger charge is -2.22. The molecule has 0 saturated carbocycles. The highest BCUT2D eigenvalue weighted by Crippen LogP contribution is 2.14. The van der Waals surface area contributed by atoms with Crippen LogP contribution in [0.1, 0.15) is 0 Å². The third-order valence-electron chi connectivity index (χ3n) is 1.84. The van der Waals surface area contributed by atoms with Gasteiger partial charge < -0.3 is 9.47 Å². The molecule has 0 spiro atoms. The van der Waals surface area contributed by atoms with Crippen LogP contribution >= 0.6 is 0 Å². The van der Waals surface area contributed by atoms with Crippen molar-refractivity contribution in [1.82, 2.24) is 0 Å². The van der Waals surface area contributed by atoms with Gasteiger partial charge in [0.2, 0.25) is 0 Å². The number of carbonyl (C=O) groups excluding carboxylic acids is 1. The van der Waals surface area contributed by atoms with Crippen LogP contribution in [0.25, 0.3) is 0 Å². The third kappa shape index (κ3) is 1.81. The van der Waals surface area contributed by atoms with Gasteiger partial charge in [0.1, 0.15) is 18.5 Å². The van der Waals surface area contributed by atoms with E-state index in [-0.39, 0.29) is 12.2 Å². The third-order valence-corrected chi connectivity index (χ3v) is 1.84. The lowest BCUT2D eigenvalue weighted by atomic mass is 10.0. The Kier molecular flexibility index (Phi) is 3.19. The molecule has 1 aliphatic carbocycles. The zero-order valence-corrected chi connectivity index (χ0v) is 7.19. The van der Waals surface area contributed by atoms with Crippen molar-refractivity contribution in [2.75, 3.05) is 14.2 Å². The number of methoxy groups -OCH3 is 2.